The van der Waals surface area contributed by atoms with Crippen molar-refractivity contribution >= 4 is 11.7 Å². The molecule has 0 fully saturated rings. The Morgan fingerprint density at radius 3 is 3.11 bits per heavy atom. The molecule has 0 aromatic carbocycles. The number of nitrogens with zero attached hydrogens (tertiary/aromatic N) is 1. The van der Waals surface area contributed by atoms with Crippen molar-refractivity contribution in [3.05, 3.63) is 11.8 Å². The molecule has 6 heteroatoms. The molecule has 1 unspecified atom stereocenters. The Kier molecular flexibility index (Phi) is 6.38. The zero-order valence-electron chi connectivity index (χ0n) is 11.0. The summed E-state index contributed by atoms with van der Waals surface area (Å²) in [4.78, 5) is 11.7. The number of hydrogen-bond acceptors (Lipinski definition) is 4. The van der Waals surface area contributed by atoms with Gasteiger partial charge in [0.2, 0.25) is 5.91 Å². The van der Waals surface area contributed by atoms with Crippen LogP contribution in [-0.2, 0) is 16.0 Å². The highest BCUT2D eigenvalue weighted by molar-refractivity contribution is 5.93. The molecule has 1 rings (SSSR count). The second kappa shape index (κ2) is 7.84. The second-order valence-corrected chi connectivity index (χ2v) is 4.26. The van der Waals surface area contributed by atoms with Gasteiger partial charge in [0, 0.05) is 25.5 Å². The fourth-order valence-corrected chi connectivity index (χ4v) is 1.62. The highest BCUT2D eigenvalue weighted by Crippen LogP contribution is 2.08. The molecule has 1 atom stereocenters. The standard InChI is InChI=1S/C12H22N4O2/c1-3-5-9-8-11(16-15-9)14-12(17)10(13)6-4-7-18-2/h8,10H,3-7,13H2,1-2H3,(H2,14,15,16,17). The van der Waals surface area contributed by atoms with Gasteiger partial charge < -0.3 is 15.8 Å². The van der Waals surface area contributed by atoms with Gasteiger partial charge in [-0.1, -0.05) is 13.3 Å². The van der Waals surface area contributed by atoms with Gasteiger partial charge in [-0.2, -0.15) is 5.10 Å². The molecule has 1 amide bonds. The number of amides is 1. The molecule has 0 aliphatic heterocycles. The second-order valence-electron chi connectivity index (χ2n) is 4.26. The number of aromatic nitrogens is 2. The third kappa shape index (κ3) is 4.85. The first-order valence-electron chi connectivity index (χ1n) is 6.27. The first-order chi connectivity index (χ1) is 8.67. The number of carbonyl (C=O) groups is 1. The van der Waals surface area contributed by atoms with Crippen LogP contribution in [0.25, 0.3) is 0 Å². The molecule has 1 heterocycles. The molecule has 102 valence electrons. The van der Waals surface area contributed by atoms with Gasteiger partial charge in [-0.25, -0.2) is 0 Å². The molecule has 6 nitrogen and oxygen atoms in total. The molecule has 0 aliphatic rings. The van der Waals surface area contributed by atoms with E-state index >= 15 is 0 Å². The van der Waals surface area contributed by atoms with Crippen LogP contribution in [-0.4, -0.2) is 35.9 Å². The van der Waals surface area contributed by atoms with E-state index in [1.54, 1.807) is 7.11 Å². The highest BCUT2D eigenvalue weighted by atomic mass is 16.5. The van der Waals surface area contributed by atoms with Gasteiger partial charge in [0.05, 0.1) is 6.04 Å². The first-order valence-corrected chi connectivity index (χ1v) is 6.27. The van der Waals surface area contributed by atoms with Crippen LogP contribution in [0.15, 0.2) is 6.07 Å². The molecule has 4 N–H and O–H groups in total. The van der Waals surface area contributed by atoms with E-state index in [1.807, 2.05) is 6.07 Å². The van der Waals surface area contributed by atoms with Crippen molar-refractivity contribution in [2.45, 2.75) is 38.6 Å². The first kappa shape index (κ1) is 14.7. The zero-order valence-corrected chi connectivity index (χ0v) is 11.0. The lowest BCUT2D eigenvalue weighted by atomic mass is 10.1. The maximum absolute atomic E-state index is 11.7. The molecular formula is C12H22N4O2. The molecular weight excluding hydrogens is 232 g/mol. The van der Waals surface area contributed by atoms with Crippen LogP contribution in [0.4, 0.5) is 5.82 Å². The van der Waals surface area contributed by atoms with Gasteiger partial charge in [0.1, 0.15) is 0 Å². The van der Waals surface area contributed by atoms with E-state index in [2.05, 4.69) is 22.4 Å². The zero-order chi connectivity index (χ0) is 13.4. The molecule has 1 aromatic heterocycles. The number of rotatable bonds is 8. The Labute approximate surface area is 107 Å². The number of nitrogens with two attached hydrogens (primary N) is 1. The summed E-state index contributed by atoms with van der Waals surface area (Å²) in [5.41, 5.74) is 6.78. The summed E-state index contributed by atoms with van der Waals surface area (Å²) in [7, 11) is 1.63. The average Bonchev–Trinajstić information content (AvgIpc) is 2.77. The summed E-state index contributed by atoms with van der Waals surface area (Å²) in [5.74, 6) is 0.325. The van der Waals surface area contributed by atoms with Crippen LogP contribution >= 0.6 is 0 Å². The maximum atomic E-state index is 11.7. The van der Waals surface area contributed by atoms with Gasteiger partial charge in [-0.05, 0) is 19.3 Å². The Morgan fingerprint density at radius 2 is 2.44 bits per heavy atom. The number of H-pyrrole nitrogens is 1. The molecule has 0 radical (unpaired) electrons. The number of carbonyl (C=O) groups excluding carboxylic acids is 1. The highest BCUT2D eigenvalue weighted by Gasteiger charge is 2.14. The fourth-order valence-electron chi connectivity index (χ4n) is 1.62. The SMILES string of the molecule is CCCc1cc(NC(=O)C(N)CCCOC)n[nH]1. The number of anilines is 1. The van der Waals surface area contributed by atoms with E-state index in [4.69, 9.17) is 10.5 Å². The molecule has 1 aromatic rings. The number of hydrogen-bond donors (Lipinski definition) is 3. The van der Waals surface area contributed by atoms with Gasteiger partial charge >= 0.3 is 0 Å². The molecule has 0 bridgehead atoms. The largest absolute Gasteiger partial charge is 0.385 e. The Balaban J connectivity index is 2.37. The molecule has 0 spiro atoms. The quantitative estimate of drug-likeness (QED) is 0.605. The number of ether oxygens (including phenoxy) is 1. The van der Waals surface area contributed by atoms with Crippen molar-refractivity contribution in [2.75, 3.05) is 19.0 Å². The minimum Gasteiger partial charge on any atom is -0.385 e. The predicted octanol–water partition coefficient (Wildman–Crippen LogP) is 1.05. The van der Waals surface area contributed by atoms with Crippen LogP contribution in [0.5, 0.6) is 0 Å². The minimum atomic E-state index is -0.522. The fraction of sp³-hybridized carbons (Fsp3) is 0.667. The van der Waals surface area contributed by atoms with Crippen LogP contribution in [0.3, 0.4) is 0 Å². The number of methoxy groups -OCH3 is 1. The lowest BCUT2D eigenvalue weighted by Crippen LogP contribution is -2.35. The third-order valence-corrected chi connectivity index (χ3v) is 2.60. The van der Waals surface area contributed by atoms with E-state index < -0.39 is 6.04 Å². The normalized spacial score (nSPS) is 12.4. The summed E-state index contributed by atoms with van der Waals surface area (Å²) >= 11 is 0. The van der Waals surface area contributed by atoms with Gasteiger partial charge in [0.15, 0.2) is 5.82 Å². The van der Waals surface area contributed by atoms with E-state index in [9.17, 15) is 4.79 Å². The number of nitrogens with one attached hydrogen (secondary N) is 2. The van der Waals surface area contributed by atoms with Gasteiger partial charge in [-0.3, -0.25) is 9.89 Å². The molecule has 0 saturated carbocycles. The van der Waals surface area contributed by atoms with Crippen molar-refractivity contribution in [3.8, 4) is 0 Å². The van der Waals surface area contributed by atoms with Crippen LogP contribution in [0.1, 0.15) is 31.9 Å². The summed E-state index contributed by atoms with van der Waals surface area (Å²) in [6.45, 7) is 2.70. The summed E-state index contributed by atoms with van der Waals surface area (Å²) in [6.07, 6.45) is 3.33. The smallest absolute Gasteiger partial charge is 0.242 e. The maximum Gasteiger partial charge on any atom is 0.242 e. The molecule has 18 heavy (non-hydrogen) atoms. The monoisotopic (exact) mass is 254 g/mol. The summed E-state index contributed by atoms with van der Waals surface area (Å²) < 4.78 is 4.92. The predicted molar refractivity (Wildman–Crippen MR) is 70.3 cm³/mol. The molecule has 0 aliphatic carbocycles. The average molecular weight is 254 g/mol. The summed E-state index contributed by atoms with van der Waals surface area (Å²) in [6, 6.07) is 1.31. The van der Waals surface area contributed by atoms with Crippen molar-refractivity contribution in [2.24, 2.45) is 5.73 Å². The lowest BCUT2D eigenvalue weighted by molar-refractivity contribution is -0.117. The van der Waals surface area contributed by atoms with Crippen molar-refractivity contribution < 1.29 is 9.53 Å². The lowest BCUT2D eigenvalue weighted by Gasteiger charge is -2.10. The van der Waals surface area contributed by atoms with Crippen molar-refractivity contribution in [3.63, 3.8) is 0 Å². The van der Waals surface area contributed by atoms with E-state index in [0.29, 0.717) is 18.8 Å². The molecule has 0 saturated heterocycles. The van der Waals surface area contributed by atoms with Gasteiger partial charge in [-0.15, -0.1) is 0 Å². The van der Waals surface area contributed by atoms with E-state index in [0.717, 1.165) is 25.0 Å². The van der Waals surface area contributed by atoms with Crippen molar-refractivity contribution in [1.29, 1.82) is 0 Å². The Hall–Kier alpha value is -1.40. The number of aromatic amines is 1. The van der Waals surface area contributed by atoms with Crippen LogP contribution in [0, 0.1) is 0 Å². The Morgan fingerprint density at radius 1 is 1.67 bits per heavy atom. The van der Waals surface area contributed by atoms with Gasteiger partial charge in [0.25, 0.3) is 0 Å². The Bertz CT molecular complexity index is 365. The van der Waals surface area contributed by atoms with Crippen molar-refractivity contribution in [1.82, 2.24) is 10.2 Å². The topological polar surface area (TPSA) is 93.0 Å². The summed E-state index contributed by atoms with van der Waals surface area (Å²) in [5, 5.41) is 9.59. The number of aryl methyl sites for hydroxylation is 1. The van der Waals surface area contributed by atoms with Crippen LogP contribution < -0.4 is 11.1 Å². The van der Waals surface area contributed by atoms with Crippen LogP contribution in [0.2, 0.25) is 0 Å². The minimum absolute atomic E-state index is 0.208. The van der Waals surface area contributed by atoms with E-state index in [-0.39, 0.29) is 5.91 Å². The third-order valence-electron chi connectivity index (χ3n) is 2.60. The van der Waals surface area contributed by atoms with E-state index in [1.165, 1.54) is 0 Å².